The molecule has 140 valence electrons. The average Bonchev–Trinajstić information content (AvgIpc) is 2.78. The second-order valence-corrected chi connectivity index (χ2v) is 8.04. The first-order valence-electron chi connectivity index (χ1n) is 10.2. The Morgan fingerprint density at radius 1 is 1.24 bits per heavy atom. The van der Waals surface area contributed by atoms with Crippen molar-refractivity contribution in [3.63, 3.8) is 0 Å². The largest absolute Gasteiger partial charge is 0.337 e. The van der Waals surface area contributed by atoms with Crippen LogP contribution in [-0.4, -0.2) is 46.3 Å². The summed E-state index contributed by atoms with van der Waals surface area (Å²) in [6.07, 6.45) is 7.85. The van der Waals surface area contributed by atoms with E-state index in [0.29, 0.717) is 12.0 Å². The molecule has 0 bridgehead atoms. The molecule has 0 aromatic carbocycles. The first-order valence-corrected chi connectivity index (χ1v) is 10.2. The lowest BCUT2D eigenvalue weighted by Crippen LogP contribution is -2.38. The van der Waals surface area contributed by atoms with Crippen LogP contribution in [0, 0.1) is 5.92 Å². The number of nitrogens with zero attached hydrogens (tertiary/aromatic N) is 3. The fraction of sp³-hybridized carbons (Fsp3) is 0.800. The predicted molar refractivity (Wildman–Crippen MR) is 101 cm³/mol. The maximum atomic E-state index is 13.2. The summed E-state index contributed by atoms with van der Waals surface area (Å²) in [4.78, 5) is 15.2. The van der Waals surface area contributed by atoms with Crippen molar-refractivity contribution in [2.75, 3.05) is 19.6 Å². The maximum Gasteiger partial charge on any atom is 0.274 e. The zero-order valence-corrected chi connectivity index (χ0v) is 16.2. The number of aromatic nitrogens is 2. The topological polar surface area (TPSA) is 50.2 Å². The van der Waals surface area contributed by atoms with Crippen molar-refractivity contribution < 1.29 is 4.79 Å². The number of amides is 1. The zero-order chi connectivity index (χ0) is 17.8. The van der Waals surface area contributed by atoms with Gasteiger partial charge in [0.15, 0.2) is 5.69 Å². The Balaban J connectivity index is 1.80. The Bertz CT molecular complexity index is 585. The van der Waals surface area contributed by atoms with Crippen LogP contribution in [0.25, 0.3) is 0 Å². The zero-order valence-electron chi connectivity index (χ0n) is 16.2. The first-order chi connectivity index (χ1) is 12.1. The Kier molecular flexibility index (Phi) is 6.15. The summed E-state index contributed by atoms with van der Waals surface area (Å²) in [5, 5.41) is 8.43. The molecule has 1 aromatic heterocycles. The van der Waals surface area contributed by atoms with Crippen LogP contribution in [0.15, 0.2) is 0 Å². The van der Waals surface area contributed by atoms with E-state index in [1.54, 1.807) is 0 Å². The second-order valence-electron chi connectivity index (χ2n) is 8.04. The van der Waals surface area contributed by atoms with Gasteiger partial charge in [-0.1, -0.05) is 26.7 Å². The number of fused-ring (bicyclic) bond motifs is 1. The predicted octanol–water partition coefficient (Wildman–Crippen LogP) is 3.02. The molecule has 5 nitrogen and oxygen atoms in total. The number of nitrogens with one attached hydrogen (secondary N) is 1. The third-order valence-corrected chi connectivity index (χ3v) is 5.56. The third-order valence-electron chi connectivity index (χ3n) is 5.56. The van der Waals surface area contributed by atoms with E-state index in [1.165, 1.54) is 24.1 Å². The molecule has 1 aliphatic carbocycles. The van der Waals surface area contributed by atoms with Crippen LogP contribution in [0.5, 0.6) is 0 Å². The van der Waals surface area contributed by atoms with E-state index in [-0.39, 0.29) is 5.91 Å². The van der Waals surface area contributed by atoms with E-state index >= 15 is 0 Å². The Morgan fingerprint density at radius 3 is 2.60 bits per heavy atom. The molecule has 1 saturated heterocycles. The summed E-state index contributed by atoms with van der Waals surface area (Å²) in [7, 11) is 0. The summed E-state index contributed by atoms with van der Waals surface area (Å²) >= 11 is 0. The molecule has 1 fully saturated rings. The van der Waals surface area contributed by atoms with Gasteiger partial charge < -0.3 is 10.2 Å². The first kappa shape index (κ1) is 18.4. The summed E-state index contributed by atoms with van der Waals surface area (Å²) in [5.74, 6) is 0.813. The van der Waals surface area contributed by atoms with Crippen LogP contribution < -0.4 is 5.32 Å². The van der Waals surface area contributed by atoms with Gasteiger partial charge >= 0.3 is 0 Å². The molecule has 25 heavy (non-hydrogen) atoms. The summed E-state index contributed by atoms with van der Waals surface area (Å²) in [5.41, 5.74) is 3.24. The Morgan fingerprint density at radius 2 is 1.96 bits per heavy atom. The average molecular weight is 347 g/mol. The van der Waals surface area contributed by atoms with E-state index in [2.05, 4.69) is 30.8 Å². The number of likely N-dealkylation sites (tertiary alicyclic amines) is 1. The van der Waals surface area contributed by atoms with Crippen LogP contribution in [-0.2, 0) is 19.4 Å². The summed E-state index contributed by atoms with van der Waals surface area (Å²) < 4.78 is 2.07. The minimum Gasteiger partial charge on any atom is -0.337 e. The quantitative estimate of drug-likeness (QED) is 0.891. The van der Waals surface area contributed by atoms with Crippen LogP contribution in [0.2, 0.25) is 0 Å². The molecule has 1 N–H and O–H groups in total. The van der Waals surface area contributed by atoms with Gasteiger partial charge in [0.1, 0.15) is 0 Å². The Hall–Kier alpha value is -1.36. The molecule has 1 amide bonds. The monoisotopic (exact) mass is 346 g/mol. The number of carbonyl (C=O) groups excluding carboxylic acids is 1. The third kappa shape index (κ3) is 4.25. The van der Waals surface area contributed by atoms with Gasteiger partial charge in [-0.3, -0.25) is 9.48 Å². The lowest BCUT2D eigenvalue weighted by atomic mass is 9.90. The van der Waals surface area contributed by atoms with E-state index in [4.69, 9.17) is 5.10 Å². The van der Waals surface area contributed by atoms with Gasteiger partial charge in [0, 0.05) is 36.9 Å². The van der Waals surface area contributed by atoms with E-state index in [0.717, 1.165) is 64.0 Å². The molecular weight excluding hydrogens is 312 g/mol. The second kappa shape index (κ2) is 8.35. The number of carbonyl (C=O) groups is 1. The molecule has 2 aliphatic rings. The highest BCUT2D eigenvalue weighted by atomic mass is 16.2. The van der Waals surface area contributed by atoms with Gasteiger partial charge in [-0.25, -0.2) is 0 Å². The molecule has 1 aromatic rings. The molecule has 1 unspecified atom stereocenters. The smallest absolute Gasteiger partial charge is 0.274 e. The standard InChI is InChI=1S/C20H34N4O/c1-4-24-18-10-9-16(21-14-15(2)3)13-17(18)19(22-24)20(25)23-11-7-5-6-8-12-23/h15-16,21H,4-14H2,1-3H3. The highest BCUT2D eigenvalue weighted by molar-refractivity contribution is 5.94. The van der Waals surface area contributed by atoms with Gasteiger partial charge in [-0.15, -0.1) is 0 Å². The molecule has 0 radical (unpaired) electrons. The maximum absolute atomic E-state index is 13.2. The minimum atomic E-state index is 0.162. The van der Waals surface area contributed by atoms with Crippen LogP contribution in [0.3, 0.4) is 0 Å². The van der Waals surface area contributed by atoms with E-state index in [9.17, 15) is 4.79 Å². The van der Waals surface area contributed by atoms with Crippen LogP contribution in [0.4, 0.5) is 0 Å². The molecule has 1 aliphatic heterocycles. The molecular formula is C20H34N4O. The van der Waals surface area contributed by atoms with Crippen LogP contribution in [0.1, 0.15) is 74.6 Å². The molecule has 1 atom stereocenters. The lowest BCUT2D eigenvalue weighted by Gasteiger charge is -2.26. The van der Waals surface area contributed by atoms with Gasteiger partial charge in [0.05, 0.1) is 0 Å². The fourth-order valence-electron chi connectivity index (χ4n) is 4.12. The summed E-state index contributed by atoms with van der Waals surface area (Å²) in [6.45, 7) is 10.3. The Labute approximate surface area is 152 Å². The highest BCUT2D eigenvalue weighted by Crippen LogP contribution is 2.26. The molecule has 2 heterocycles. The number of hydrogen-bond acceptors (Lipinski definition) is 3. The molecule has 3 rings (SSSR count). The number of hydrogen-bond donors (Lipinski definition) is 1. The molecule has 5 heteroatoms. The van der Waals surface area contributed by atoms with Crippen molar-refractivity contribution in [2.45, 2.75) is 78.3 Å². The number of aryl methyl sites for hydroxylation is 1. The van der Waals surface area contributed by atoms with E-state index < -0.39 is 0 Å². The SMILES string of the molecule is CCn1nc(C(=O)N2CCCCCC2)c2c1CCC(NCC(C)C)C2. The van der Waals surface area contributed by atoms with Crippen molar-refractivity contribution >= 4 is 5.91 Å². The fourth-order valence-corrected chi connectivity index (χ4v) is 4.12. The van der Waals surface area contributed by atoms with Gasteiger partial charge in [-0.2, -0.15) is 5.10 Å². The van der Waals surface area contributed by atoms with Crippen molar-refractivity contribution in [3.05, 3.63) is 17.0 Å². The highest BCUT2D eigenvalue weighted by Gasteiger charge is 2.30. The van der Waals surface area contributed by atoms with Crippen molar-refractivity contribution in [3.8, 4) is 0 Å². The van der Waals surface area contributed by atoms with Gasteiger partial charge in [0.2, 0.25) is 0 Å². The van der Waals surface area contributed by atoms with Crippen molar-refractivity contribution in [1.29, 1.82) is 0 Å². The van der Waals surface area contributed by atoms with Gasteiger partial charge in [-0.05, 0) is 51.5 Å². The van der Waals surface area contributed by atoms with Crippen LogP contribution >= 0.6 is 0 Å². The lowest BCUT2D eigenvalue weighted by molar-refractivity contribution is 0.0753. The van der Waals surface area contributed by atoms with Crippen molar-refractivity contribution in [1.82, 2.24) is 20.0 Å². The number of rotatable bonds is 5. The molecule has 0 saturated carbocycles. The minimum absolute atomic E-state index is 0.162. The van der Waals surface area contributed by atoms with Gasteiger partial charge in [0.25, 0.3) is 5.91 Å². The van der Waals surface area contributed by atoms with E-state index in [1.807, 2.05) is 4.90 Å². The normalized spacial score (nSPS) is 21.3. The van der Waals surface area contributed by atoms with Crippen molar-refractivity contribution in [2.24, 2.45) is 5.92 Å². The summed E-state index contributed by atoms with van der Waals surface area (Å²) in [6, 6.07) is 0.472. The molecule has 0 spiro atoms.